The first kappa shape index (κ1) is 16.9. The zero-order chi connectivity index (χ0) is 18.1. The van der Waals surface area contributed by atoms with Gasteiger partial charge in [-0.25, -0.2) is 4.68 Å². The number of aryl methyl sites for hydroxylation is 1. The molecule has 1 aliphatic heterocycles. The first-order chi connectivity index (χ1) is 12.6. The maximum Gasteiger partial charge on any atom is 0.231 e. The minimum absolute atomic E-state index is 0.294. The summed E-state index contributed by atoms with van der Waals surface area (Å²) in [7, 11) is 2.07. The highest BCUT2D eigenvalue weighted by Crippen LogP contribution is 2.33. The number of halogens is 1. The topological polar surface area (TPSA) is 39.5 Å². The molecular weight excluding hydrogens is 350 g/mol. The summed E-state index contributed by atoms with van der Waals surface area (Å²) < 4.78 is 12.6. The van der Waals surface area contributed by atoms with Gasteiger partial charge >= 0.3 is 0 Å². The second-order valence-corrected chi connectivity index (χ2v) is 6.82. The summed E-state index contributed by atoms with van der Waals surface area (Å²) in [6.07, 6.45) is 0. The normalized spacial score (nSPS) is 12.8. The minimum atomic E-state index is 0.294. The Labute approximate surface area is 157 Å². The van der Waals surface area contributed by atoms with Crippen molar-refractivity contribution in [2.24, 2.45) is 0 Å². The quantitative estimate of drug-likeness (QED) is 0.676. The van der Waals surface area contributed by atoms with Crippen LogP contribution in [-0.4, -0.2) is 28.5 Å². The molecule has 0 saturated carbocycles. The molecule has 2 aromatic carbocycles. The van der Waals surface area contributed by atoms with Gasteiger partial charge in [-0.2, -0.15) is 5.10 Å². The summed E-state index contributed by atoms with van der Waals surface area (Å²) in [5, 5.41) is 5.27. The van der Waals surface area contributed by atoms with E-state index < -0.39 is 0 Å². The molecule has 0 atom stereocenters. The van der Waals surface area contributed by atoms with E-state index >= 15 is 0 Å². The van der Waals surface area contributed by atoms with E-state index in [-0.39, 0.29) is 0 Å². The molecule has 0 radical (unpaired) electrons. The van der Waals surface area contributed by atoms with Crippen LogP contribution in [0, 0.1) is 6.92 Å². The van der Waals surface area contributed by atoms with Gasteiger partial charge in [0.2, 0.25) is 6.79 Å². The molecule has 1 aliphatic rings. The second kappa shape index (κ2) is 7.02. The van der Waals surface area contributed by atoms with Gasteiger partial charge in [0, 0.05) is 18.7 Å². The number of ether oxygens (including phenoxy) is 2. The Morgan fingerprint density at radius 2 is 1.85 bits per heavy atom. The standard InChI is InChI=1S/C20H20ClN3O2/c1-14-17(20(21)24(22-14)16-6-4-3-5-7-16)12-23(2)11-15-8-9-18-19(10-15)26-13-25-18/h3-10H,11-13H2,1-2H3. The number of aromatic nitrogens is 2. The van der Waals surface area contributed by atoms with Crippen LogP contribution < -0.4 is 9.47 Å². The van der Waals surface area contributed by atoms with E-state index in [4.69, 9.17) is 21.1 Å². The van der Waals surface area contributed by atoms with E-state index in [2.05, 4.69) is 23.1 Å². The van der Waals surface area contributed by atoms with Gasteiger partial charge < -0.3 is 9.47 Å². The smallest absolute Gasteiger partial charge is 0.231 e. The maximum atomic E-state index is 6.63. The summed E-state index contributed by atoms with van der Waals surface area (Å²) in [5.41, 5.74) is 4.11. The van der Waals surface area contributed by atoms with Crippen molar-refractivity contribution in [2.75, 3.05) is 13.8 Å². The molecule has 1 aromatic heterocycles. The summed E-state index contributed by atoms with van der Waals surface area (Å²) in [5.74, 6) is 1.61. The van der Waals surface area contributed by atoms with Crippen LogP contribution in [0.1, 0.15) is 16.8 Å². The molecule has 4 rings (SSSR count). The fourth-order valence-electron chi connectivity index (χ4n) is 3.13. The fraction of sp³-hybridized carbons (Fsp3) is 0.250. The molecule has 5 nitrogen and oxygen atoms in total. The molecule has 0 fully saturated rings. The third kappa shape index (κ3) is 3.28. The molecule has 6 heteroatoms. The summed E-state index contributed by atoms with van der Waals surface area (Å²) >= 11 is 6.63. The van der Waals surface area contributed by atoms with E-state index in [1.165, 1.54) is 5.56 Å². The highest BCUT2D eigenvalue weighted by atomic mass is 35.5. The lowest BCUT2D eigenvalue weighted by Gasteiger charge is -2.17. The number of para-hydroxylation sites is 1. The molecule has 0 amide bonds. The van der Waals surface area contributed by atoms with Crippen molar-refractivity contribution < 1.29 is 9.47 Å². The summed E-state index contributed by atoms with van der Waals surface area (Å²) in [4.78, 5) is 2.21. The van der Waals surface area contributed by atoms with Gasteiger partial charge in [-0.3, -0.25) is 4.90 Å². The van der Waals surface area contributed by atoms with Crippen LogP contribution >= 0.6 is 11.6 Å². The van der Waals surface area contributed by atoms with Crippen LogP contribution in [0.25, 0.3) is 5.69 Å². The van der Waals surface area contributed by atoms with Crippen molar-refractivity contribution in [3.8, 4) is 17.2 Å². The Morgan fingerprint density at radius 3 is 2.65 bits per heavy atom. The average molecular weight is 370 g/mol. The van der Waals surface area contributed by atoms with Gasteiger partial charge in [-0.05, 0) is 43.8 Å². The van der Waals surface area contributed by atoms with Gasteiger partial charge in [0.25, 0.3) is 0 Å². The molecule has 0 bridgehead atoms. The van der Waals surface area contributed by atoms with Crippen molar-refractivity contribution in [3.63, 3.8) is 0 Å². The number of hydrogen-bond acceptors (Lipinski definition) is 4. The number of nitrogens with zero attached hydrogens (tertiary/aromatic N) is 3. The zero-order valence-electron chi connectivity index (χ0n) is 14.8. The maximum absolute atomic E-state index is 6.63. The van der Waals surface area contributed by atoms with Gasteiger partial charge in [0.15, 0.2) is 11.5 Å². The van der Waals surface area contributed by atoms with Gasteiger partial charge in [-0.15, -0.1) is 0 Å². The van der Waals surface area contributed by atoms with E-state index in [0.717, 1.165) is 35.0 Å². The molecule has 0 aliphatic carbocycles. The summed E-state index contributed by atoms with van der Waals surface area (Å²) in [6, 6.07) is 16.0. The lowest BCUT2D eigenvalue weighted by atomic mass is 10.1. The highest BCUT2D eigenvalue weighted by molar-refractivity contribution is 6.30. The molecule has 0 unspecified atom stereocenters. The van der Waals surface area contributed by atoms with E-state index in [9.17, 15) is 0 Å². The predicted molar refractivity (Wildman–Crippen MR) is 101 cm³/mol. The van der Waals surface area contributed by atoms with E-state index in [1.807, 2.05) is 49.4 Å². The molecule has 0 saturated heterocycles. The third-order valence-corrected chi connectivity index (χ3v) is 4.83. The van der Waals surface area contributed by atoms with Crippen LogP contribution in [0.3, 0.4) is 0 Å². The van der Waals surface area contributed by atoms with Crippen LogP contribution in [0.5, 0.6) is 11.5 Å². The van der Waals surface area contributed by atoms with E-state index in [0.29, 0.717) is 18.5 Å². The molecule has 0 spiro atoms. The Balaban J connectivity index is 1.51. The lowest BCUT2D eigenvalue weighted by molar-refractivity contribution is 0.174. The van der Waals surface area contributed by atoms with E-state index in [1.54, 1.807) is 4.68 Å². The van der Waals surface area contributed by atoms with Crippen LogP contribution in [-0.2, 0) is 13.1 Å². The molecule has 2 heterocycles. The molecule has 134 valence electrons. The minimum Gasteiger partial charge on any atom is -0.454 e. The SMILES string of the molecule is Cc1nn(-c2ccccc2)c(Cl)c1CN(C)Cc1ccc2c(c1)OCO2. The van der Waals surface area contributed by atoms with Crippen molar-refractivity contribution in [3.05, 3.63) is 70.5 Å². The molecule has 0 N–H and O–H groups in total. The molecule has 26 heavy (non-hydrogen) atoms. The first-order valence-corrected chi connectivity index (χ1v) is 8.86. The molecular formula is C20H20ClN3O2. The number of hydrogen-bond donors (Lipinski definition) is 0. The Hall–Kier alpha value is -2.50. The third-order valence-electron chi connectivity index (χ3n) is 4.44. The number of rotatable bonds is 5. The van der Waals surface area contributed by atoms with Crippen molar-refractivity contribution >= 4 is 11.6 Å². The Bertz CT molecular complexity index is 924. The lowest BCUT2D eigenvalue weighted by Crippen LogP contribution is -2.17. The predicted octanol–water partition coefficient (Wildman–Crippen LogP) is 4.19. The van der Waals surface area contributed by atoms with Crippen molar-refractivity contribution in [1.82, 2.24) is 14.7 Å². The van der Waals surface area contributed by atoms with Crippen LogP contribution in [0.2, 0.25) is 5.15 Å². The van der Waals surface area contributed by atoms with Crippen LogP contribution in [0.4, 0.5) is 0 Å². The Morgan fingerprint density at radius 1 is 1.08 bits per heavy atom. The largest absolute Gasteiger partial charge is 0.454 e. The van der Waals surface area contributed by atoms with Gasteiger partial charge in [0.05, 0.1) is 11.4 Å². The first-order valence-electron chi connectivity index (χ1n) is 8.48. The highest BCUT2D eigenvalue weighted by Gasteiger charge is 2.17. The zero-order valence-corrected chi connectivity index (χ0v) is 15.5. The second-order valence-electron chi connectivity index (χ2n) is 6.46. The van der Waals surface area contributed by atoms with Crippen molar-refractivity contribution in [2.45, 2.75) is 20.0 Å². The summed E-state index contributed by atoms with van der Waals surface area (Å²) in [6.45, 7) is 3.78. The Kier molecular flexibility index (Phi) is 4.57. The monoisotopic (exact) mass is 369 g/mol. The van der Waals surface area contributed by atoms with Gasteiger partial charge in [-0.1, -0.05) is 35.9 Å². The average Bonchev–Trinajstić information content (AvgIpc) is 3.21. The van der Waals surface area contributed by atoms with Gasteiger partial charge in [0.1, 0.15) is 5.15 Å². The van der Waals surface area contributed by atoms with Crippen LogP contribution in [0.15, 0.2) is 48.5 Å². The number of fused-ring (bicyclic) bond motifs is 1. The number of benzene rings is 2. The fourth-order valence-corrected chi connectivity index (χ4v) is 3.46. The van der Waals surface area contributed by atoms with Crippen molar-refractivity contribution in [1.29, 1.82) is 0 Å². The molecule has 3 aromatic rings.